The van der Waals surface area contributed by atoms with E-state index in [2.05, 4.69) is 19.1 Å². The Morgan fingerprint density at radius 3 is 2.11 bits per heavy atom. The van der Waals surface area contributed by atoms with Crippen LogP contribution in [0.1, 0.15) is 110 Å². The van der Waals surface area contributed by atoms with Gasteiger partial charge < -0.3 is 14.7 Å². The number of unbranched alkanes of at least 4 members (excludes halogenated alkanes) is 12. The highest BCUT2D eigenvalue weighted by molar-refractivity contribution is 5.68. The average Bonchev–Trinajstić information content (AvgIpc) is 3.19. The molecule has 1 aliphatic heterocycles. The smallest absolute Gasteiger partial charge is 0.410 e. The zero-order valence-electron chi connectivity index (χ0n) is 18.4. The van der Waals surface area contributed by atoms with E-state index in [1.807, 2.05) is 0 Å². The van der Waals surface area contributed by atoms with Gasteiger partial charge in [-0.1, -0.05) is 76.9 Å². The first-order valence-corrected chi connectivity index (χ1v) is 12.0. The molecule has 0 spiro atoms. The van der Waals surface area contributed by atoms with Gasteiger partial charge in [0.05, 0.1) is 19.3 Å². The molecule has 0 unspecified atom stereocenters. The Morgan fingerprint density at radius 1 is 0.929 bits per heavy atom. The fourth-order valence-electron chi connectivity index (χ4n) is 3.86. The molecule has 1 rings (SSSR count). The molecule has 0 aromatic heterocycles. The number of aliphatic hydroxyl groups is 1. The number of likely N-dealkylation sites (tertiary alicyclic amines) is 1. The van der Waals surface area contributed by atoms with Crippen LogP contribution in [-0.4, -0.2) is 41.9 Å². The minimum absolute atomic E-state index is 0.0349. The van der Waals surface area contributed by atoms with Crippen molar-refractivity contribution in [1.82, 2.24) is 4.90 Å². The minimum atomic E-state index is -0.246. The Bertz CT molecular complexity index is 397. The number of allylic oxidation sites excluding steroid dienone is 2. The topological polar surface area (TPSA) is 49.8 Å². The van der Waals surface area contributed by atoms with Crippen LogP contribution in [0, 0.1) is 0 Å². The van der Waals surface area contributed by atoms with Crippen molar-refractivity contribution < 1.29 is 14.6 Å². The van der Waals surface area contributed by atoms with E-state index in [1.165, 1.54) is 77.0 Å². The van der Waals surface area contributed by atoms with Gasteiger partial charge in [0.1, 0.15) is 0 Å². The van der Waals surface area contributed by atoms with Gasteiger partial charge in [-0.05, 0) is 44.9 Å². The molecule has 1 amide bonds. The third kappa shape index (κ3) is 12.4. The number of aliphatic hydroxyl groups excluding tert-OH is 1. The van der Waals surface area contributed by atoms with Crippen LogP contribution in [0.15, 0.2) is 12.2 Å². The predicted molar refractivity (Wildman–Crippen MR) is 118 cm³/mol. The molecular formula is C24H45NO3. The molecule has 1 atom stereocenters. The van der Waals surface area contributed by atoms with Gasteiger partial charge in [0.15, 0.2) is 0 Å². The summed E-state index contributed by atoms with van der Waals surface area (Å²) in [5.74, 6) is 0. The quantitative estimate of drug-likeness (QED) is 0.222. The molecule has 1 heterocycles. The van der Waals surface area contributed by atoms with Crippen molar-refractivity contribution >= 4 is 6.09 Å². The van der Waals surface area contributed by atoms with Crippen LogP contribution < -0.4 is 0 Å². The molecule has 4 heteroatoms. The molecule has 1 fully saturated rings. The van der Waals surface area contributed by atoms with E-state index in [4.69, 9.17) is 4.74 Å². The minimum Gasteiger partial charge on any atom is -0.449 e. The van der Waals surface area contributed by atoms with Gasteiger partial charge in [-0.25, -0.2) is 4.79 Å². The Hall–Kier alpha value is -1.03. The van der Waals surface area contributed by atoms with Crippen LogP contribution in [-0.2, 0) is 4.74 Å². The Morgan fingerprint density at radius 2 is 1.50 bits per heavy atom. The maximum atomic E-state index is 12.0. The standard InChI is InChI=1S/C24H45NO3/c1-2-3-4-5-6-7-8-9-10-11-12-13-14-15-16-17-21-28-24(27)25-20-18-19-23(25)22-26/h9-10,23,26H,2-8,11-22H2,1H3/t23-/m0/s1. The van der Waals surface area contributed by atoms with Crippen molar-refractivity contribution in [2.24, 2.45) is 0 Å². The van der Waals surface area contributed by atoms with Gasteiger partial charge in [-0.15, -0.1) is 0 Å². The molecule has 0 aromatic carbocycles. The van der Waals surface area contributed by atoms with Crippen LogP contribution in [0.25, 0.3) is 0 Å². The monoisotopic (exact) mass is 395 g/mol. The molecule has 0 radical (unpaired) electrons. The summed E-state index contributed by atoms with van der Waals surface area (Å²) in [6, 6.07) is -0.0349. The highest BCUT2D eigenvalue weighted by Gasteiger charge is 2.28. The van der Waals surface area contributed by atoms with Crippen LogP contribution in [0.5, 0.6) is 0 Å². The van der Waals surface area contributed by atoms with Gasteiger partial charge in [0.25, 0.3) is 0 Å². The fraction of sp³-hybridized carbons (Fsp3) is 0.875. The lowest BCUT2D eigenvalue weighted by Crippen LogP contribution is -2.38. The number of amides is 1. The van der Waals surface area contributed by atoms with Gasteiger partial charge in [0, 0.05) is 6.54 Å². The van der Waals surface area contributed by atoms with E-state index in [1.54, 1.807) is 4.90 Å². The summed E-state index contributed by atoms with van der Waals surface area (Å²) < 4.78 is 5.34. The van der Waals surface area contributed by atoms with Crippen LogP contribution >= 0.6 is 0 Å². The second-order valence-corrected chi connectivity index (χ2v) is 8.22. The van der Waals surface area contributed by atoms with E-state index in [-0.39, 0.29) is 18.7 Å². The van der Waals surface area contributed by atoms with Crippen molar-refractivity contribution in [1.29, 1.82) is 0 Å². The van der Waals surface area contributed by atoms with E-state index in [9.17, 15) is 9.90 Å². The normalized spacial score (nSPS) is 16.9. The summed E-state index contributed by atoms with van der Waals surface area (Å²) in [6.07, 6.45) is 24.3. The van der Waals surface area contributed by atoms with E-state index >= 15 is 0 Å². The van der Waals surface area contributed by atoms with Crippen molar-refractivity contribution in [3.8, 4) is 0 Å². The summed E-state index contributed by atoms with van der Waals surface area (Å²) in [6.45, 7) is 3.54. The zero-order chi connectivity index (χ0) is 20.3. The Labute approximate surface area is 173 Å². The predicted octanol–water partition coefficient (Wildman–Crippen LogP) is 6.62. The van der Waals surface area contributed by atoms with Crippen LogP contribution in [0.2, 0.25) is 0 Å². The molecule has 0 aliphatic carbocycles. The fourth-order valence-corrected chi connectivity index (χ4v) is 3.86. The number of hydrogen-bond donors (Lipinski definition) is 1. The van der Waals surface area contributed by atoms with E-state index in [0.717, 1.165) is 32.2 Å². The third-order valence-electron chi connectivity index (χ3n) is 5.70. The molecular weight excluding hydrogens is 350 g/mol. The highest BCUT2D eigenvalue weighted by atomic mass is 16.6. The average molecular weight is 396 g/mol. The van der Waals surface area contributed by atoms with E-state index < -0.39 is 0 Å². The molecule has 0 saturated carbocycles. The van der Waals surface area contributed by atoms with Gasteiger partial charge in [-0.3, -0.25) is 0 Å². The summed E-state index contributed by atoms with van der Waals surface area (Å²) in [5, 5.41) is 9.25. The summed E-state index contributed by atoms with van der Waals surface area (Å²) in [5.41, 5.74) is 0. The first-order chi connectivity index (χ1) is 13.8. The lowest BCUT2D eigenvalue weighted by atomic mass is 10.1. The number of nitrogens with zero attached hydrogens (tertiary/aromatic N) is 1. The number of carbonyl (C=O) groups is 1. The van der Waals surface area contributed by atoms with Crippen LogP contribution in [0.4, 0.5) is 4.79 Å². The first kappa shape index (κ1) is 25.0. The number of carbonyl (C=O) groups excluding carboxylic acids is 1. The second kappa shape index (κ2) is 18.0. The maximum absolute atomic E-state index is 12.0. The lowest BCUT2D eigenvalue weighted by Gasteiger charge is -2.22. The maximum Gasteiger partial charge on any atom is 0.410 e. The third-order valence-corrected chi connectivity index (χ3v) is 5.70. The molecule has 1 saturated heterocycles. The molecule has 1 N–H and O–H groups in total. The number of rotatable bonds is 17. The lowest BCUT2D eigenvalue weighted by molar-refractivity contribution is 0.0833. The number of hydrogen-bond acceptors (Lipinski definition) is 3. The van der Waals surface area contributed by atoms with Gasteiger partial charge in [0.2, 0.25) is 0 Å². The highest BCUT2D eigenvalue weighted by Crippen LogP contribution is 2.18. The summed E-state index contributed by atoms with van der Waals surface area (Å²) >= 11 is 0. The van der Waals surface area contributed by atoms with Crippen LogP contribution in [0.3, 0.4) is 0 Å². The molecule has 28 heavy (non-hydrogen) atoms. The first-order valence-electron chi connectivity index (χ1n) is 12.0. The molecule has 1 aliphatic rings. The molecule has 0 bridgehead atoms. The molecule has 0 aromatic rings. The van der Waals surface area contributed by atoms with Gasteiger partial charge >= 0.3 is 6.09 Å². The van der Waals surface area contributed by atoms with Gasteiger partial charge in [-0.2, -0.15) is 0 Å². The zero-order valence-corrected chi connectivity index (χ0v) is 18.4. The summed E-state index contributed by atoms with van der Waals surface area (Å²) in [4.78, 5) is 13.6. The SMILES string of the molecule is CCCCCCCCC=CCCCCCCCCOC(=O)N1CCC[C@H]1CO. The molecule has 164 valence electrons. The van der Waals surface area contributed by atoms with Crippen molar-refractivity contribution in [2.45, 2.75) is 116 Å². The largest absolute Gasteiger partial charge is 0.449 e. The molecule has 4 nitrogen and oxygen atoms in total. The number of ether oxygens (including phenoxy) is 1. The van der Waals surface area contributed by atoms with Crippen molar-refractivity contribution in [3.05, 3.63) is 12.2 Å². The van der Waals surface area contributed by atoms with E-state index in [0.29, 0.717) is 6.61 Å². The Kier molecular flexibility index (Phi) is 16.1. The summed E-state index contributed by atoms with van der Waals surface area (Å²) in [7, 11) is 0. The Balaban J connectivity index is 1.80. The van der Waals surface area contributed by atoms with Crippen molar-refractivity contribution in [2.75, 3.05) is 19.8 Å². The van der Waals surface area contributed by atoms with Crippen molar-refractivity contribution in [3.63, 3.8) is 0 Å². The second-order valence-electron chi connectivity index (χ2n) is 8.22.